The summed E-state index contributed by atoms with van der Waals surface area (Å²) in [5, 5.41) is 0. The molecule has 0 aromatic heterocycles. The third-order valence-corrected chi connectivity index (χ3v) is 11.4. The van der Waals surface area contributed by atoms with Crippen LogP contribution in [0, 0.1) is 0 Å². The van der Waals surface area contributed by atoms with Crippen LogP contribution in [-0.4, -0.2) is 98.4 Å². The monoisotopic (exact) mass is 628 g/mol. The molecule has 0 aromatic carbocycles. The van der Waals surface area contributed by atoms with Crippen LogP contribution < -0.4 is 0 Å². The third kappa shape index (κ3) is 9.77. The predicted octanol–water partition coefficient (Wildman–Crippen LogP) is 2.60. The minimum absolute atomic E-state index is 0.878. The summed E-state index contributed by atoms with van der Waals surface area (Å²) in [4.78, 5) is 5.41. The van der Waals surface area contributed by atoms with Gasteiger partial charge in [0, 0.05) is 12.6 Å². The number of halogens is 6. The quantitative estimate of drug-likeness (QED) is 0.231. The van der Waals surface area contributed by atoms with Gasteiger partial charge in [0.05, 0.1) is 0 Å². The van der Waals surface area contributed by atoms with E-state index in [1.165, 1.54) is 71.2 Å². The first-order chi connectivity index (χ1) is 14.6. The molecule has 190 valence electrons. The van der Waals surface area contributed by atoms with E-state index in [1.54, 1.807) is 0 Å². The van der Waals surface area contributed by atoms with E-state index in [-0.39, 0.29) is 0 Å². The van der Waals surface area contributed by atoms with E-state index < -0.39 is 53.2 Å². The summed E-state index contributed by atoms with van der Waals surface area (Å²) in [6.45, 7) is 9.04. The van der Waals surface area contributed by atoms with Gasteiger partial charge >= 0.3 is 101 Å². The zero-order valence-electron chi connectivity index (χ0n) is 17.3. The molecule has 0 aliphatic carbocycles. The van der Waals surface area contributed by atoms with Crippen LogP contribution in [-0.2, 0) is 25.3 Å². The topological polar surface area (TPSA) is 93.2 Å². The predicted molar refractivity (Wildman–Crippen MR) is 103 cm³/mol. The van der Waals surface area contributed by atoms with Gasteiger partial charge in [0.15, 0.2) is 0 Å². The van der Waals surface area contributed by atoms with E-state index in [9.17, 15) is 43.2 Å². The average Bonchev–Trinajstić information content (AvgIpc) is 3.08. The van der Waals surface area contributed by atoms with Crippen molar-refractivity contribution in [3.8, 4) is 0 Å². The Kier molecular flexibility index (Phi) is 12.0. The molecule has 17 heteroatoms. The van der Waals surface area contributed by atoms with Gasteiger partial charge in [0.25, 0.3) is 0 Å². The Morgan fingerprint density at radius 1 is 0.844 bits per heavy atom. The van der Waals surface area contributed by atoms with Crippen molar-refractivity contribution in [1.29, 1.82) is 0 Å². The summed E-state index contributed by atoms with van der Waals surface area (Å²) in [5.74, 6) is 0. The van der Waals surface area contributed by atoms with Gasteiger partial charge < -0.3 is 4.90 Å². The zero-order chi connectivity index (χ0) is 24.6. The van der Waals surface area contributed by atoms with Crippen LogP contribution in [0.2, 0.25) is 0 Å². The second-order valence-corrected chi connectivity index (χ2v) is 13.6. The van der Waals surface area contributed by atoms with Gasteiger partial charge in [0.2, 0.25) is 0 Å². The molecule has 2 aliphatic heterocycles. The van der Waals surface area contributed by atoms with Crippen LogP contribution >= 0.6 is 0 Å². The van der Waals surface area contributed by atoms with Crippen molar-refractivity contribution in [2.45, 2.75) is 62.5 Å². The molecule has 1 atom stereocenters. The van der Waals surface area contributed by atoms with Crippen LogP contribution in [0.4, 0.5) is 26.3 Å². The Morgan fingerprint density at radius 3 is 1.78 bits per heavy atom. The van der Waals surface area contributed by atoms with Gasteiger partial charge in [-0.25, -0.2) is 0 Å². The van der Waals surface area contributed by atoms with Crippen molar-refractivity contribution >= 4 is 42.2 Å². The maximum absolute atomic E-state index is 11.6. The molecule has 0 bridgehead atoms. The molecule has 32 heavy (non-hydrogen) atoms. The number of likely N-dealkylation sites (tertiary alicyclic amines) is 2. The third-order valence-electron chi connectivity index (χ3n) is 4.78. The van der Waals surface area contributed by atoms with E-state index in [0.717, 1.165) is 6.04 Å². The van der Waals surface area contributed by atoms with Crippen LogP contribution in [0.3, 0.4) is 0 Å². The summed E-state index contributed by atoms with van der Waals surface area (Å²) in [6, 6.07) is 0.878. The van der Waals surface area contributed by atoms with Gasteiger partial charge in [-0.15, -0.1) is 0 Å². The molecule has 0 saturated carbocycles. The Bertz CT molecular complexity index is 728. The average molecular weight is 627 g/mol. The van der Waals surface area contributed by atoms with Crippen molar-refractivity contribution in [3.63, 3.8) is 0 Å². The van der Waals surface area contributed by atoms with E-state index in [4.69, 9.17) is 0 Å². The molecule has 2 radical (unpaired) electrons. The van der Waals surface area contributed by atoms with Crippen LogP contribution in [0.25, 0.3) is 0 Å². The standard InChI is InChI=1S/C13H26N2.2CHF3O3S.Sn/c1-2-8-15-11-6-7-13(15)12-14-9-4-3-5-10-14;2*2-1(3,4)8(5,6)7;/h13H,2-12H2,1H3;2*(H,5,6,7);/q;;;+2/p-2/t13-;;;/m0.../s1. The van der Waals surface area contributed by atoms with Crippen LogP contribution in [0.15, 0.2) is 0 Å². The van der Waals surface area contributed by atoms with Crippen LogP contribution in [0.1, 0.15) is 45.4 Å². The molecule has 2 heterocycles. The number of hydrogen-bond donors (Lipinski definition) is 0. The molecule has 2 saturated heterocycles. The molecule has 0 unspecified atom stereocenters. The molecular weight excluding hydrogens is 601 g/mol. The molecular formula is C15H26F6N2O6S2Sn. The van der Waals surface area contributed by atoms with Gasteiger partial charge in [-0.05, 0) is 58.3 Å². The molecule has 2 aliphatic rings. The Morgan fingerprint density at radius 2 is 1.34 bits per heavy atom. The Hall–Kier alpha value is 0.119. The Labute approximate surface area is 195 Å². The maximum atomic E-state index is 11.6. The summed E-state index contributed by atoms with van der Waals surface area (Å²) >= 11 is -3.86. The second-order valence-electron chi connectivity index (χ2n) is 7.24. The molecule has 0 amide bonds. The van der Waals surface area contributed by atoms with Gasteiger partial charge in [-0.2, -0.15) is 0 Å². The number of alkyl halides is 6. The number of rotatable bonds is 8. The fraction of sp³-hybridized carbons (Fsp3) is 1.00. The van der Waals surface area contributed by atoms with Crippen LogP contribution in [0.5, 0.6) is 0 Å². The van der Waals surface area contributed by atoms with Crippen molar-refractivity contribution in [2.24, 2.45) is 0 Å². The first-order valence-corrected chi connectivity index (χ1v) is 15.0. The van der Waals surface area contributed by atoms with Gasteiger partial charge in [-0.1, -0.05) is 13.3 Å². The summed E-state index contributed by atoms with van der Waals surface area (Å²) in [6.07, 6.45) is 8.51. The molecule has 0 N–H and O–H groups in total. The number of hydrogen-bond acceptors (Lipinski definition) is 8. The molecule has 0 aromatic rings. The number of nitrogens with zero attached hydrogens (tertiary/aromatic N) is 2. The van der Waals surface area contributed by atoms with E-state index >= 15 is 0 Å². The fourth-order valence-electron chi connectivity index (χ4n) is 3.32. The summed E-state index contributed by atoms with van der Waals surface area (Å²) in [5.41, 5.74) is -11.7. The first-order valence-electron chi connectivity index (χ1n) is 9.81. The van der Waals surface area contributed by atoms with Gasteiger partial charge in [-0.3, -0.25) is 4.90 Å². The minimum atomic E-state index is -6.15. The molecule has 2 rings (SSSR count). The van der Waals surface area contributed by atoms with Crippen molar-refractivity contribution < 1.29 is 48.2 Å². The van der Waals surface area contributed by atoms with Crippen molar-refractivity contribution in [2.75, 3.05) is 32.7 Å². The summed E-state index contributed by atoms with van der Waals surface area (Å²) in [7, 11) is -12.3. The Balaban J connectivity index is 0.000000321. The summed E-state index contributed by atoms with van der Waals surface area (Å²) < 4.78 is 116. The number of piperidine rings is 1. The van der Waals surface area contributed by atoms with E-state index in [2.05, 4.69) is 21.8 Å². The SMILES string of the molecule is CCCN1CCC[C@H]1CN1CCCCC1.O=S(=O)([O][Sn][O]S(=O)(=O)C(F)(F)F)C(F)(F)F. The first kappa shape index (κ1) is 30.1. The van der Waals surface area contributed by atoms with E-state index in [0.29, 0.717) is 0 Å². The normalized spacial score (nSPS) is 21.9. The molecule has 8 nitrogen and oxygen atoms in total. The fourth-order valence-corrected chi connectivity index (χ4v) is 7.67. The van der Waals surface area contributed by atoms with Gasteiger partial charge in [0.1, 0.15) is 0 Å². The zero-order valence-corrected chi connectivity index (χ0v) is 21.8. The molecule has 0 spiro atoms. The van der Waals surface area contributed by atoms with Crippen molar-refractivity contribution in [3.05, 3.63) is 0 Å². The second kappa shape index (κ2) is 12.7. The molecule has 2 fully saturated rings. The van der Waals surface area contributed by atoms with Crippen molar-refractivity contribution in [1.82, 2.24) is 9.80 Å². The van der Waals surface area contributed by atoms with E-state index in [1.807, 2.05) is 0 Å².